The van der Waals surface area contributed by atoms with Gasteiger partial charge in [-0.2, -0.15) is 0 Å². The quantitative estimate of drug-likeness (QED) is 0.573. The molecule has 2 aliphatic carbocycles. The Hall–Kier alpha value is -0.830. The summed E-state index contributed by atoms with van der Waals surface area (Å²) >= 11 is 0. The van der Waals surface area contributed by atoms with Crippen LogP contribution in [0, 0.1) is 17.8 Å². The van der Waals surface area contributed by atoms with Crippen molar-refractivity contribution >= 4 is 5.97 Å². The van der Waals surface area contributed by atoms with Crippen LogP contribution in [0.4, 0.5) is 0 Å². The van der Waals surface area contributed by atoms with Gasteiger partial charge in [-0.05, 0) is 50.4 Å². The highest BCUT2D eigenvalue weighted by atomic mass is 16.5. The van der Waals surface area contributed by atoms with Crippen LogP contribution in [-0.4, -0.2) is 24.8 Å². The maximum absolute atomic E-state index is 11.8. The number of hydrogen-bond acceptors (Lipinski definition) is 3. The van der Waals surface area contributed by atoms with E-state index in [1.54, 1.807) is 0 Å². The van der Waals surface area contributed by atoms with Gasteiger partial charge in [0.2, 0.25) is 0 Å². The second kappa shape index (κ2) is 5.51. The van der Waals surface area contributed by atoms with Gasteiger partial charge in [-0.3, -0.25) is 4.79 Å². The number of rotatable bonds is 2. The summed E-state index contributed by atoms with van der Waals surface area (Å²) in [5.74, 6) is 1.58. The van der Waals surface area contributed by atoms with Crippen LogP contribution in [0.3, 0.4) is 0 Å². The van der Waals surface area contributed by atoms with E-state index in [9.17, 15) is 4.79 Å². The third-order valence-electron chi connectivity index (χ3n) is 5.64. The number of fused-ring (bicyclic) bond motifs is 3. The number of ether oxygens (including phenoxy) is 2. The summed E-state index contributed by atoms with van der Waals surface area (Å²) in [4.78, 5) is 11.8. The Balaban J connectivity index is 1.87. The Morgan fingerprint density at radius 3 is 2.95 bits per heavy atom. The lowest BCUT2D eigenvalue weighted by atomic mass is 9.61. The number of carbonyl (C=O) groups excluding carboxylic acids is 1. The molecule has 1 saturated carbocycles. The Morgan fingerprint density at radius 2 is 2.15 bits per heavy atom. The van der Waals surface area contributed by atoms with Crippen LogP contribution in [0.5, 0.6) is 0 Å². The molecule has 0 spiro atoms. The maximum atomic E-state index is 11.8. The molecule has 3 rings (SSSR count). The molecular formula is C17H26O3. The Bertz CT molecular complexity index is 403. The molecule has 0 aromatic carbocycles. The summed E-state index contributed by atoms with van der Waals surface area (Å²) in [6, 6.07) is 0. The number of allylic oxidation sites excluding steroid dienone is 2. The minimum atomic E-state index is -0.346. The molecule has 112 valence electrons. The summed E-state index contributed by atoms with van der Waals surface area (Å²) in [5.41, 5.74) is -0.346. The van der Waals surface area contributed by atoms with Gasteiger partial charge in [0.15, 0.2) is 0 Å². The van der Waals surface area contributed by atoms with Gasteiger partial charge < -0.3 is 9.47 Å². The molecule has 1 heterocycles. The van der Waals surface area contributed by atoms with Crippen molar-refractivity contribution in [2.45, 2.75) is 63.6 Å². The first kappa shape index (κ1) is 14.1. The summed E-state index contributed by atoms with van der Waals surface area (Å²) in [5, 5.41) is 0. The molecule has 1 aliphatic heterocycles. The van der Waals surface area contributed by atoms with E-state index in [4.69, 9.17) is 9.47 Å². The molecule has 0 amide bonds. The van der Waals surface area contributed by atoms with Crippen molar-refractivity contribution in [1.82, 2.24) is 0 Å². The molecule has 0 radical (unpaired) electrons. The molecule has 1 saturated heterocycles. The van der Waals surface area contributed by atoms with Crippen LogP contribution in [0.1, 0.15) is 51.9 Å². The van der Waals surface area contributed by atoms with Crippen LogP contribution in [0.2, 0.25) is 0 Å². The monoisotopic (exact) mass is 278 g/mol. The highest BCUT2D eigenvalue weighted by molar-refractivity contribution is 5.70. The molecule has 0 aromatic heterocycles. The van der Waals surface area contributed by atoms with Crippen LogP contribution < -0.4 is 0 Å². The lowest BCUT2D eigenvalue weighted by molar-refractivity contribution is -0.213. The topological polar surface area (TPSA) is 35.5 Å². The smallest absolute Gasteiger partial charge is 0.308 e. The van der Waals surface area contributed by atoms with E-state index >= 15 is 0 Å². The third kappa shape index (κ3) is 2.41. The average Bonchev–Trinajstić information content (AvgIpc) is 2.47. The van der Waals surface area contributed by atoms with Crippen molar-refractivity contribution in [1.29, 1.82) is 0 Å². The average molecular weight is 278 g/mol. The molecule has 2 fully saturated rings. The molecule has 0 bridgehead atoms. The maximum Gasteiger partial charge on any atom is 0.308 e. The fraction of sp³-hybridized carbons (Fsp3) is 0.824. The van der Waals surface area contributed by atoms with Gasteiger partial charge in [0.25, 0.3) is 0 Å². The van der Waals surface area contributed by atoms with E-state index in [0.717, 1.165) is 19.3 Å². The van der Waals surface area contributed by atoms with Crippen molar-refractivity contribution in [3.05, 3.63) is 12.2 Å². The van der Waals surface area contributed by atoms with Crippen molar-refractivity contribution in [2.75, 3.05) is 7.11 Å². The summed E-state index contributed by atoms with van der Waals surface area (Å²) in [6.45, 7) is 2.13. The first-order valence-electron chi connectivity index (χ1n) is 8.05. The van der Waals surface area contributed by atoms with E-state index in [0.29, 0.717) is 30.3 Å². The molecule has 3 nitrogen and oxygen atoms in total. The van der Waals surface area contributed by atoms with E-state index in [2.05, 4.69) is 19.1 Å². The minimum absolute atomic E-state index is 0.143. The van der Waals surface area contributed by atoms with Gasteiger partial charge in [-0.1, -0.05) is 25.0 Å². The van der Waals surface area contributed by atoms with Gasteiger partial charge in [-0.15, -0.1) is 0 Å². The van der Waals surface area contributed by atoms with E-state index < -0.39 is 0 Å². The SMILES string of the molecule is COC(=O)C[C@@]1(C)O[C@H]2CCCC[C@@H]2[C@H]2C=CCC[C@@H]21. The number of esters is 1. The van der Waals surface area contributed by atoms with E-state index in [1.807, 2.05) is 0 Å². The molecular weight excluding hydrogens is 252 g/mol. The summed E-state index contributed by atoms with van der Waals surface area (Å²) < 4.78 is 11.4. The van der Waals surface area contributed by atoms with Crippen molar-refractivity contribution in [3.8, 4) is 0 Å². The molecule has 0 N–H and O–H groups in total. The van der Waals surface area contributed by atoms with E-state index in [-0.39, 0.29) is 11.6 Å². The van der Waals surface area contributed by atoms with Gasteiger partial charge in [-0.25, -0.2) is 0 Å². The first-order chi connectivity index (χ1) is 9.64. The molecule has 3 heteroatoms. The highest BCUT2D eigenvalue weighted by Gasteiger charge is 2.52. The third-order valence-corrected chi connectivity index (χ3v) is 5.64. The Labute approximate surface area is 121 Å². The number of methoxy groups -OCH3 is 1. The predicted molar refractivity (Wildman–Crippen MR) is 77.2 cm³/mol. The van der Waals surface area contributed by atoms with Gasteiger partial charge in [0, 0.05) is 0 Å². The van der Waals surface area contributed by atoms with Crippen molar-refractivity contribution < 1.29 is 14.3 Å². The minimum Gasteiger partial charge on any atom is -0.469 e. The summed E-state index contributed by atoms with van der Waals surface area (Å²) in [7, 11) is 1.47. The van der Waals surface area contributed by atoms with Gasteiger partial charge in [0.05, 0.1) is 25.2 Å². The predicted octanol–water partition coefficient (Wildman–Crippen LogP) is 3.48. The van der Waals surface area contributed by atoms with Gasteiger partial charge >= 0.3 is 5.97 Å². The fourth-order valence-electron chi connectivity index (χ4n) is 4.69. The van der Waals surface area contributed by atoms with Crippen LogP contribution in [-0.2, 0) is 14.3 Å². The Morgan fingerprint density at radius 1 is 1.35 bits per heavy atom. The first-order valence-corrected chi connectivity index (χ1v) is 8.05. The lowest BCUT2D eigenvalue weighted by Crippen LogP contribution is -2.56. The highest BCUT2D eigenvalue weighted by Crippen LogP contribution is 2.51. The Kier molecular flexibility index (Phi) is 3.89. The normalized spacial score (nSPS) is 43.5. The fourth-order valence-corrected chi connectivity index (χ4v) is 4.69. The number of hydrogen-bond donors (Lipinski definition) is 0. The molecule has 0 aromatic rings. The zero-order valence-electron chi connectivity index (χ0n) is 12.6. The van der Waals surface area contributed by atoms with Crippen LogP contribution in [0.15, 0.2) is 12.2 Å². The number of carbonyl (C=O) groups is 1. The van der Waals surface area contributed by atoms with Crippen LogP contribution in [0.25, 0.3) is 0 Å². The zero-order chi connectivity index (χ0) is 14.2. The lowest BCUT2D eigenvalue weighted by Gasteiger charge is -2.54. The molecule has 0 unspecified atom stereocenters. The van der Waals surface area contributed by atoms with Crippen molar-refractivity contribution in [2.24, 2.45) is 17.8 Å². The standard InChI is InChI=1S/C17H26O3/c1-17(11-16(18)19-2)14-9-5-3-7-12(14)13-8-4-6-10-15(13)20-17/h3,7,12-15H,4-6,8-11H2,1-2H3/t12-,13-,14+,15+,17-/m1/s1. The zero-order valence-corrected chi connectivity index (χ0v) is 12.6. The second-order valence-electron chi connectivity index (χ2n) is 6.86. The van der Waals surface area contributed by atoms with Crippen LogP contribution >= 0.6 is 0 Å². The van der Waals surface area contributed by atoms with E-state index in [1.165, 1.54) is 26.4 Å². The van der Waals surface area contributed by atoms with Gasteiger partial charge in [0.1, 0.15) is 0 Å². The summed E-state index contributed by atoms with van der Waals surface area (Å²) in [6.07, 6.45) is 12.7. The largest absolute Gasteiger partial charge is 0.469 e. The molecule has 20 heavy (non-hydrogen) atoms. The molecule has 3 aliphatic rings. The molecule has 5 atom stereocenters. The second-order valence-corrected chi connectivity index (χ2v) is 6.86. The van der Waals surface area contributed by atoms with Crippen molar-refractivity contribution in [3.63, 3.8) is 0 Å².